The second kappa shape index (κ2) is 3.38. The predicted molar refractivity (Wildman–Crippen MR) is 49.4 cm³/mol. The Morgan fingerprint density at radius 2 is 2.38 bits per heavy atom. The monoisotopic (exact) mass is 242 g/mol. The Morgan fingerprint density at radius 3 is 2.92 bits per heavy atom. The van der Waals surface area contributed by atoms with Gasteiger partial charge in [-0.05, 0) is 28.1 Å². The first-order chi connectivity index (χ1) is 6.29. The maximum atomic E-state index is 11.6. The largest absolute Gasteiger partial charge is 0.489 e. The molecule has 0 amide bonds. The number of halogens is 1. The zero-order chi connectivity index (χ0) is 9.26. The van der Waals surface area contributed by atoms with Crippen molar-refractivity contribution in [2.75, 3.05) is 6.61 Å². The van der Waals surface area contributed by atoms with Crippen LogP contribution >= 0.6 is 15.9 Å². The molecular formula is C9H7BrO3. The van der Waals surface area contributed by atoms with Gasteiger partial charge in [0.2, 0.25) is 5.78 Å². The van der Waals surface area contributed by atoms with Crippen molar-refractivity contribution >= 4 is 21.7 Å². The highest BCUT2D eigenvalue weighted by atomic mass is 79.9. The minimum absolute atomic E-state index is 0.127. The summed E-state index contributed by atoms with van der Waals surface area (Å²) in [6, 6.07) is 1.62. The van der Waals surface area contributed by atoms with Crippen LogP contribution < -0.4 is 0 Å². The van der Waals surface area contributed by atoms with Crippen LogP contribution in [0.3, 0.4) is 0 Å². The van der Waals surface area contributed by atoms with E-state index in [1.165, 1.54) is 6.26 Å². The van der Waals surface area contributed by atoms with E-state index in [-0.39, 0.29) is 5.78 Å². The molecule has 1 aliphatic heterocycles. The maximum Gasteiger partial charge on any atom is 0.231 e. The fraction of sp³-hybridized carbons (Fsp3) is 0.222. The summed E-state index contributed by atoms with van der Waals surface area (Å²) in [7, 11) is 0. The van der Waals surface area contributed by atoms with E-state index >= 15 is 0 Å². The van der Waals surface area contributed by atoms with Gasteiger partial charge in [0.05, 0.1) is 18.4 Å². The number of ketones is 1. The van der Waals surface area contributed by atoms with Crippen molar-refractivity contribution < 1.29 is 13.9 Å². The second-order valence-corrected chi connectivity index (χ2v) is 3.36. The molecule has 0 bridgehead atoms. The summed E-state index contributed by atoms with van der Waals surface area (Å²) < 4.78 is 10.6. The molecule has 0 saturated carbocycles. The van der Waals surface area contributed by atoms with Gasteiger partial charge in [-0.3, -0.25) is 4.79 Å². The van der Waals surface area contributed by atoms with Gasteiger partial charge in [-0.1, -0.05) is 0 Å². The van der Waals surface area contributed by atoms with E-state index in [0.29, 0.717) is 22.6 Å². The molecule has 68 valence electrons. The molecule has 13 heavy (non-hydrogen) atoms. The molecule has 0 N–H and O–H groups in total. The van der Waals surface area contributed by atoms with Gasteiger partial charge in [-0.25, -0.2) is 0 Å². The van der Waals surface area contributed by atoms with Crippen molar-refractivity contribution in [1.82, 2.24) is 0 Å². The molecule has 1 aromatic rings. The van der Waals surface area contributed by atoms with E-state index < -0.39 is 0 Å². The summed E-state index contributed by atoms with van der Waals surface area (Å²) in [5, 5.41) is 0. The number of carbonyl (C=O) groups is 1. The van der Waals surface area contributed by atoms with Crippen LogP contribution in [-0.4, -0.2) is 12.4 Å². The van der Waals surface area contributed by atoms with Gasteiger partial charge in [0.25, 0.3) is 0 Å². The zero-order valence-electron chi connectivity index (χ0n) is 6.75. The SMILES string of the molecule is O=C(C1=CCCO1)c1ccoc1Br. The van der Waals surface area contributed by atoms with Crippen LogP contribution in [0.5, 0.6) is 0 Å². The first-order valence-electron chi connectivity index (χ1n) is 3.89. The summed E-state index contributed by atoms with van der Waals surface area (Å²) in [6.07, 6.45) is 4.06. The Kier molecular flexibility index (Phi) is 2.22. The smallest absolute Gasteiger partial charge is 0.231 e. The molecule has 0 saturated heterocycles. The maximum absolute atomic E-state index is 11.6. The first kappa shape index (κ1) is 8.56. The minimum atomic E-state index is -0.127. The third kappa shape index (κ3) is 1.54. The van der Waals surface area contributed by atoms with Crippen LogP contribution in [0.4, 0.5) is 0 Å². The number of carbonyl (C=O) groups excluding carboxylic acids is 1. The Labute approximate surface area is 83.5 Å². The van der Waals surface area contributed by atoms with E-state index in [9.17, 15) is 4.79 Å². The van der Waals surface area contributed by atoms with Crippen LogP contribution in [-0.2, 0) is 4.74 Å². The number of rotatable bonds is 2. The third-order valence-corrected chi connectivity index (χ3v) is 2.41. The molecule has 1 aliphatic rings. The van der Waals surface area contributed by atoms with Gasteiger partial charge in [0, 0.05) is 6.42 Å². The van der Waals surface area contributed by atoms with E-state index in [1.807, 2.05) is 0 Å². The first-order valence-corrected chi connectivity index (χ1v) is 4.69. The molecule has 4 heteroatoms. The Balaban J connectivity index is 2.27. The van der Waals surface area contributed by atoms with Crippen molar-refractivity contribution in [2.45, 2.75) is 6.42 Å². The summed E-state index contributed by atoms with van der Waals surface area (Å²) >= 11 is 3.14. The van der Waals surface area contributed by atoms with Gasteiger partial charge in [-0.15, -0.1) is 0 Å². The normalized spacial score (nSPS) is 15.3. The molecule has 0 fully saturated rings. The summed E-state index contributed by atoms with van der Waals surface area (Å²) in [4.78, 5) is 11.6. The van der Waals surface area contributed by atoms with Gasteiger partial charge < -0.3 is 9.15 Å². The van der Waals surface area contributed by atoms with E-state index in [4.69, 9.17) is 9.15 Å². The van der Waals surface area contributed by atoms with Crippen molar-refractivity contribution in [2.24, 2.45) is 0 Å². The molecule has 0 radical (unpaired) electrons. The zero-order valence-corrected chi connectivity index (χ0v) is 8.33. The number of allylic oxidation sites excluding steroid dienone is 1. The summed E-state index contributed by atoms with van der Waals surface area (Å²) in [6.45, 7) is 0.594. The summed E-state index contributed by atoms with van der Waals surface area (Å²) in [5.41, 5.74) is 0.508. The van der Waals surface area contributed by atoms with Crippen LogP contribution in [0, 0.1) is 0 Å². The van der Waals surface area contributed by atoms with E-state index in [0.717, 1.165) is 6.42 Å². The molecule has 0 unspecified atom stereocenters. The average molecular weight is 243 g/mol. The minimum Gasteiger partial charge on any atom is -0.489 e. The van der Waals surface area contributed by atoms with Gasteiger partial charge in [-0.2, -0.15) is 0 Å². The van der Waals surface area contributed by atoms with Gasteiger partial charge in [0.15, 0.2) is 10.4 Å². The van der Waals surface area contributed by atoms with Crippen molar-refractivity contribution in [3.8, 4) is 0 Å². The molecule has 2 heterocycles. The number of hydrogen-bond donors (Lipinski definition) is 0. The highest BCUT2D eigenvalue weighted by Crippen LogP contribution is 2.23. The highest BCUT2D eigenvalue weighted by Gasteiger charge is 2.20. The van der Waals surface area contributed by atoms with Crippen LogP contribution in [0.15, 0.2) is 33.3 Å². The van der Waals surface area contributed by atoms with Gasteiger partial charge >= 0.3 is 0 Å². The highest BCUT2D eigenvalue weighted by molar-refractivity contribution is 9.10. The lowest BCUT2D eigenvalue weighted by molar-refractivity contribution is 0.0940. The lowest BCUT2D eigenvalue weighted by Gasteiger charge is -1.99. The molecule has 0 aliphatic carbocycles. The number of hydrogen-bond acceptors (Lipinski definition) is 3. The molecule has 0 atom stereocenters. The van der Waals surface area contributed by atoms with Crippen LogP contribution in [0.2, 0.25) is 0 Å². The molecule has 0 spiro atoms. The van der Waals surface area contributed by atoms with Crippen molar-refractivity contribution in [3.63, 3.8) is 0 Å². The fourth-order valence-electron chi connectivity index (χ4n) is 1.16. The fourth-order valence-corrected chi connectivity index (χ4v) is 1.58. The number of ether oxygens (including phenoxy) is 1. The Morgan fingerprint density at radius 1 is 1.54 bits per heavy atom. The van der Waals surface area contributed by atoms with Gasteiger partial charge in [0.1, 0.15) is 0 Å². The molecular weight excluding hydrogens is 236 g/mol. The number of furan rings is 1. The van der Waals surface area contributed by atoms with Crippen LogP contribution in [0.1, 0.15) is 16.8 Å². The van der Waals surface area contributed by atoms with Crippen molar-refractivity contribution in [1.29, 1.82) is 0 Å². The van der Waals surface area contributed by atoms with E-state index in [1.54, 1.807) is 12.1 Å². The quantitative estimate of drug-likeness (QED) is 0.749. The molecule has 0 aromatic carbocycles. The Bertz CT molecular complexity index is 365. The summed E-state index contributed by atoms with van der Waals surface area (Å²) in [5.74, 6) is 0.292. The van der Waals surface area contributed by atoms with Crippen LogP contribution in [0.25, 0.3) is 0 Å². The molecule has 2 rings (SSSR count). The Hall–Kier alpha value is -1.03. The second-order valence-electron chi connectivity index (χ2n) is 2.64. The standard InChI is InChI=1S/C9H7BrO3/c10-9-6(3-5-13-9)8(11)7-2-1-4-12-7/h2-3,5H,1,4H2. The van der Waals surface area contributed by atoms with Crippen molar-refractivity contribution in [3.05, 3.63) is 34.4 Å². The lowest BCUT2D eigenvalue weighted by Crippen LogP contribution is -2.02. The molecule has 3 nitrogen and oxygen atoms in total. The average Bonchev–Trinajstić information content (AvgIpc) is 2.72. The topological polar surface area (TPSA) is 39.4 Å². The van der Waals surface area contributed by atoms with E-state index in [2.05, 4.69) is 15.9 Å². The predicted octanol–water partition coefficient (Wildman–Crippen LogP) is 2.53. The lowest BCUT2D eigenvalue weighted by atomic mass is 10.2. The number of Topliss-reactive ketones (excluding diaryl/α,β-unsaturated/α-hetero) is 1. The molecule has 1 aromatic heterocycles. The third-order valence-electron chi connectivity index (χ3n) is 1.79.